The van der Waals surface area contributed by atoms with Crippen LogP contribution in [0.25, 0.3) is 0 Å². The minimum atomic E-state index is -1.66. The molecule has 0 aromatic heterocycles. The monoisotopic (exact) mass is 410 g/mol. The van der Waals surface area contributed by atoms with Crippen molar-refractivity contribution in [1.82, 2.24) is 0 Å². The third-order valence-corrected chi connectivity index (χ3v) is 6.57. The van der Waals surface area contributed by atoms with Gasteiger partial charge in [0.15, 0.2) is 8.15 Å². The Kier molecular flexibility index (Phi) is 7.23. The summed E-state index contributed by atoms with van der Waals surface area (Å²) >= 11 is 12.2. The summed E-state index contributed by atoms with van der Waals surface area (Å²) in [6, 6.07) is 10.5. The van der Waals surface area contributed by atoms with Crippen LogP contribution in [0.5, 0.6) is 0 Å². The lowest BCUT2D eigenvalue weighted by molar-refractivity contribution is 0.0744. The summed E-state index contributed by atoms with van der Waals surface area (Å²) in [7, 11) is -1.66. The van der Waals surface area contributed by atoms with Crippen LogP contribution in [0.4, 0.5) is 0 Å². The number of aryl methyl sites for hydroxylation is 2. The number of carbonyl (C=O) groups is 2. The summed E-state index contributed by atoms with van der Waals surface area (Å²) in [5, 5.41) is 0.419. The summed E-state index contributed by atoms with van der Waals surface area (Å²) < 4.78 is 5.64. The average molecular weight is 411 g/mol. The standard InChI is InChI=1S/C20H21Cl2O3P/c1-12(2)11-26(20(24)17-13(3)7-5-8-14(17)4)25-19(23)18-15(21)9-6-10-16(18)22/h5-10,12H,11H2,1-4H3. The molecular weight excluding hydrogens is 390 g/mol. The molecule has 0 saturated heterocycles. The Hall–Kier alpha value is -1.41. The van der Waals surface area contributed by atoms with Gasteiger partial charge in [-0.15, -0.1) is 0 Å². The molecule has 1 atom stereocenters. The van der Waals surface area contributed by atoms with Crippen molar-refractivity contribution in [1.29, 1.82) is 0 Å². The van der Waals surface area contributed by atoms with Gasteiger partial charge in [0, 0.05) is 11.7 Å². The van der Waals surface area contributed by atoms with Crippen molar-refractivity contribution >= 4 is 42.8 Å². The SMILES string of the molecule is Cc1cccc(C)c1C(=O)P(CC(C)C)OC(=O)c1c(Cl)cccc1Cl. The second kappa shape index (κ2) is 8.99. The van der Waals surface area contributed by atoms with Gasteiger partial charge in [0.1, 0.15) is 0 Å². The third kappa shape index (κ3) is 4.85. The van der Waals surface area contributed by atoms with Crippen LogP contribution in [0, 0.1) is 19.8 Å². The van der Waals surface area contributed by atoms with Crippen molar-refractivity contribution in [3.05, 3.63) is 68.7 Å². The van der Waals surface area contributed by atoms with E-state index in [1.54, 1.807) is 18.2 Å². The lowest BCUT2D eigenvalue weighted by atomic mass is 10.0. The fraction of sp³-hybridized carbons (Fsp3) is 0.300. The van der Waals surface area contributed by atoms with Gasteiger partial charge in [0.25, 0.3) is 0 Å². The Bertz CT molecular complexity index is 793. The van der Waals surface area contributed by atoms with Crippen LogP contribution >= 0.6 is 31.4 Å². The van der Waals surface area contributed by atoms with Gasteiger partial charge in [-0.25, -0.2) is 4.79 Å². The van der Waals surface area contributed by atoms with Crippen molar-refractivity contribution in [2.75, 3.05) is 6.16 Å². The first-order valence-corrected chi connectivity index (χ1v) is 10.5. The third-order valence-electron chi connectivity index (χ3n) is 3.81. The number of carbonyl (C=O) groups excluding carboxylic acids is 2. The molecule has 0 spiro atoms. The zero-order valence-electron chi connectivity index (χ0n) is 15.2. The minimum absolute atomic E-state index is 0.0985. The van der Waals surface area contributed by atoms with Crippen LogP contribution in [-0.4, -0.2) is 17.7 Å². The number of rotatable bonds is 6. The van der Waals surface area contributed by atoms with Crippen LogP contribution in [0.1, 0.15) is 45.7 Å². The van der Waals surface area contributed by atoms with Gasteiger partial charge >= 0.3 is 5.97 Å². The Morgan fingerprint density at radius 1 is 0.962 bits per heavy atom. The van der Waals surface area contributed by atoms with Crippen molar-refractivity contribution in [2.24, 2.45) is 5.92 Å². The average Bonchev–Trinajstić information content (AvgIpc) is 2.53. The largest absolute Gasteiger partial charge is 0.433 e. The first-order chi connectivity index (χ1) is 12.2. The van der Waals surface area contributed by atoms with Crippen LogP contribution in [-0.2, 0) is 4.52 Å². The van der Waals surface area contributed by atoms with E-state index in [1.165, 1.54) is 0 Å². The normalized spacial score (nSPS) is 12.1. The molecule has 2 aromatic rings. The van der Waals surface area contributed by atoms with Crippen LogP contribution in [0.2, 0.25) is 10.0 Å². The summed E-state index contributed by atoms with van der Waals surface area (Å²) in [5.41, 5.74) is 2.33. The Morgan fingerprint density at radius 2 is 1.46 bits per heavy atom. The summed E-state index contributed by atoms with van der Waals surface area (Å²) in [4.78, 5) is 25.8. The highest BCUT2D eigenvalue weighted by atomic mass is 35.5. The van der Waals surface area contributed by atoms with E-state index in [2.05, 4.69) is 0 Å². The van der Waals surface area contributed by atoms with Gasteiger partial charge in [-0.3, -0.25) is 4.79 Å². The zero-order valence-corrected chi connectivity index (χ0v) is 17.6. The van der Waals surface area contributed by atoms with Gasteiger partial charge in [-0.2, -0.15) is 0 Å². The smallest absolute Gasteiger partial charge is 0.344 e. The topological polar surface area (TPSA) is 43.4 Å². The highest BCUT2D eigenvalue weighted by molar-refractivity contribution is 7.71. The van der Waals surface area contributed by atoms with Gasteiger partial charge in [0.2, 0.25) is 5.52 Å². The fourth-order valence-electron chi connectivity index (χ4n) is 2.61. The second-order valence-electron chi connectivity index (χ2n) is 6.50. The lowest BCUT2D eigenvalue weighted by Gasteiger charge is -2.20. The molecule has 0 bridgehead atoms. The molecule has 0 aliphatic heterocycles. The second-order valence-corrected chi connectivity index (χ2v) is 9.03. The molecular formula is C20H21Cl2O3P. The molecule has 0 fully saturated rings. The zero-order chi connectivity index (χ0) is 19.4. The van der Waals surface area contributed by atoms with Gasteiger partial charge in [-0.05, 0) is 43.0 Å². The van der Waals surface area contributed by atoms with Crippen molar-refractivity contribution in [2.45, 2.75) is 27.7 Å². The van der Waals surface area contributed by atoms with E-state index >= 15 is 0 Å². The molecule has 138 valence electrons. The number of hydrogen-bond donors (Lipinski definition) is 0. The Balaban J connectivity index is 2.36. The molecule has 0 radical (unpaired) electrons. The molecule has 0 aliphatic rings. The summed E-state index contributed by atoms with van der Waals surface area (Å²) in [5.74, 6) is -0.462. The molecule has 0 N–H and O–H groups in total. The first kappa shape index (κ1) is 20.9. The molecule has 6 heteroatoms. The molecule has 0 saturated carbocycles. The molecule has 0 aliphatic carbocycles. The molecule has 2 rings (SSSR count). The Morgan fingerprint density at radius 3 is 1.96 bits per heavy atom. The highest BCUT2D eigenvalue weighted by Gasteiger charge is 2.30. The van der Waals surface area contributed by atoms with Gasteiger partial charge in [0.05, 0.1) is 15.6 Å². The molecule has 3 nitrogen and oxygen atoms in total. The quantitative estimate of drug-likeness (QED) is 0.499. The molecule has 0 amide bonds. The molecule has 26 heavy (non-hydrogen) atoms. The molecule has 0 heterocycles. The molecule has 2 aromatic carbocycles. The summed E-state index contributed by atoms with van der Waals surface area (Å²) in [6.07, 6.45) is 0.482. The maximum Gasteiger partial charge on any atom is 0.344 e. The van der Waals surface area contributed by atoms with Crippen LogP contribution < -0.4 is 0 Å². The van der Waals surface area contributed by atoms with E-state index in [0.717, 1.165) is 11.1 Å². The van der Waals surface area contributed by atoms with Crippen LogP contribution in [0.3, 0.4) is 0 Å². The van der Waals surface area contributed by atoms with Crippen molar-refractivity contribution < 1.29 is 14.1 Å². The Labute approximate surface area is 165 Å². The number of hydrogen-bond acceptors (Lipinski definition) is 3. The predicted molar refractivity (Wildman–Crippen MR) is 109 cm³/mol. The highest BCUT2D eigenvalue weighted by Crippen LogP contribution is 2.45. The number of benzene rings is 2. The maximum absolute atomic E-state index is 13.1. The minimum Gasteiger partial charge on any atom is -0.433 e. The van der Waals surface area contributed by atoms with Crippen molar-refractivity contribution in [3.8, 4) is 0 Å². The first-order valence-electron chi connectivity index (χ1n) is 8.26. The van der Waals surface area contributed by atoms with E-state index in [4.69, 9.17) is 27.7 Å². The van der Waals surface area contributed by atoms with E-state index in [1.807, 2.05) is 45.9 Å². The van der Waals surface area contributed by atoms with Gasteiger partial charge < -0.3 is 4.52 Å². The van der Waals surface area contributed by atoms with Crippen LogP contribution in [0.15, 0.2) is 36.4 Å². The summed E-state index contributed by atoms with van der Waals surface area (Å²) in [6.45, 7) is 7.75. The lowest BCUT2D eigenvalue weighted by Crippen LogP contribution is -2.13. The number of halogens is 2. The van der Waals surface area contributed by atoms with Gasteiger partial charge in [-0.1, -0.05) is 61.3 Å². The van der Waals surface area contributed by atoms with Crippen molar-refractivity contribution in [3.63, 3.8) is 0 Å². The van der Waals surface area contributed by atoms with E-state index < -0.39 is 14.1 Å². The fourth-order valence-corrected chi connectivity index (χ4v) is 5.04. The maximum atomic E-state index is 13.1. The predicted octanol–water partition coefficient (Wildman–Crippen LogP) is 6.66. The van der Waals surface area contributed by atoms with E-state index in [9.17, 15) is 9.59 Å². The van der Waals surface area contributed by atoms with E-state index in [-0.39, 0.29) is 27.1 Å². The molecule has 1 unspecified atom stereocenters. The van der Waals surface area contributed by atoms with E-state index in [0.29, 0.717) is 11.7 Å².